The molecule has 1 unspecified atom stereocenters. The number of amides is 3. The summed E-state index contributed by atoms with van der Waals surface area (Å²) in [6.45, 7) is 2.37. The maximum absolute atomic E-state index is 12.0. The molecule has 2 rings (SSSR count). The van der Waals surface area contributed by atoms with Crippen LogP contribution in [0.15, 0.2) is 12.7 Å². The van der Waals surface area contributed by atoms with Crippen LogP contribution in [0.25, 0.3) is 0 Å². The van der Waals surface area contributed by atoms with Crippen LogP contribution >= 0.6 is 0 Å². The number of hydrogen-bond acceptors (Lipinski definition) is 4. The third kappa shape index (κ3) is 3.94. The van der Waals surface area contributed by atoms with Crippen LogP contribution in [0.2, 0.25) is 0 Å². The molecule has 8 nitrogen and oxygen atoms in total. The molecule has 1 aromatic heterocycles. The fourth-order valence-electron chi connectivity index (χ4n) is 2.34. The number of rotatable bonds is 5. The highest BCUT2D eigenvalue weighted by Crippen LogP contribution is 2.16. The van der Waals surface area contributed by atoms with Crippen LogP contribution in [0.5, 0.6) is 0 Å². The number of aryl methyl sites for hydroxylation is 1. The van der Waals surface area contributed by atoms with Crippen molar-refractivity contribution in [1.29, 1.82) is 0 Å². The van der Waals surface area contributed by atoms with Crippen LogP contribution in [0.4, 0.5) is 4.79 Å². The van der Waals surface area contributed by atoms with Gasteiger partial charge in [-0.2, -0.15) is 5.10 Å². The van der Waals surface area contributed by atoms with Crippen LogP contribution < -0.4 is 11.1 Å². The zero-order valence-corrected chi connectivity index (χ0v) is 11.4. The number of nitrogens with one attached hydrogen (secondary N) is 1. The van der Waals surface area contributed by atoms with Gasteiger partial charge in [-0.1, -0.05) is 0 Å². The summed E-state index contributed by atoms with van der Waals surface area (Å²) in [5.74, 6) is -0.155. The second kappa shape index (κ2) is 6.88. The van der Waals surface area contributed by atoms with Crippen LogP contribution in [-0.2, 0) is 11.3 Å². The average Bonchev–Trinajstić information content (AvgIpc) is 2.96. The zero-order chi connectivity index (χ0) is 14.4. The minimum Gasteiger partial charge on any atom is -0.356 e. The summed E-state index contributed by atoms with van der Waals surface area (Å²) in [6.07, 6.45) is 5.55. The zero-order valence-electron chi connectivity index (χ0n) is 11.4. The molecular weight excluding hydrogens is 260 g/mol. The molecule has 1 aliphatic rings. The van der Waals surface area contributed by atoms with E-state index in [4.69, 9.17) is 5.73 Å². The number of nitrogens with two attached hydrogens (primary N) is 1. The standard InChI is InChI=1S/C12H20N6O2/c13-12(20)17-5-1-3-10(7-17)11(19)15-4-2-6-18-9-14-8-16-18/h8-10H,1-7H2,(H2,13,20)(H,15,19). The van der Waals surface area contributed by atoms with Crippen LogP contribution in [0.1, 0.15) is 19.3 Å². The Labute approximate surface area is 117 Å². The third-order valence-corrected chi connectivity index (χ3v) is 3.43. The number of nitrogens with zero attached hydrogens (tertiary/aromatic N) is 4. The van der Waals surface area contributed by atoms with Crippen molar-refractivity contribution >= 4 is 11.9 Å². The van der Waals surface area contributed by atoms with Crippen molar-refractivity contribution in [2.45, 2.75) is 25.8 Å². The van der Waals surface area contributed by atoms with E-state index in [1.165, 1.54) is 11.2 Å². The molecule has 1 aliphatic heterocycles. The fraction of sp³-hybridized carbons (Fsp3) is 0.667. The van der Waals surface area contributed by atoms with Gasteiger partial charge >= 0.3 is 6.03 Å². The number of carbonyl (C=O) groups is 2. The molecule has 3 amide bonds. The molecule has 0 aromatic carbocycles. The molecule has 0 radical (unpaired) electrons. The number of hydrogen-bond donors (Lipinski definition) is 2. The van der Waals surface area contributed by atoms with Crippen molar-refractivity contribution < 1.29 is 9.59 Å². The Morgan fingerprint density at radius 3 is 3.00 bits per heavy atom. The van der Waals surface area contributed by atoms with Crippen LogP contribution in [0.3, 0.4) is 0 Å². The molecule has 0 aliphatic carbocycles. The highest BCUT2D eigenvalue weighted by molar-refractivity contribution is 5.80. The van der Waals surface area contributed by atoms with Gasteiger partial charge < -0.3 is 16.0 Å². The van der Waals surface area contributed by atoms with Crippen molar-refractivity contribution in [3.63, 3.8) is 0 Å². The van der Waals surface area contributed by atoms with Gasteiger partial charge in [0.2, 0.25) is 5.91 Å². The molecule has 1 saturated heterocycles. The van der Waals surface area contributed by atoms with E-state index in [0.717, 1.165) is 25.8 Å². The van der Waals surface area contributed by atoms with Gasteiger partial charge in [0.25, 0.3) is 0 Å². The molecule has 110 valence electrons. The Morgan fingerprint density at radius 1 is 1.45 bits per heavy atom. The fourth-order valence-corrected chi connectivity index (χ4v) is 2.34. The van der Waals surface area contributed by atoms with E-state index in [2.05, 4.69) is 15.4 Å². The first kappa shape index (κ1) is 14.3. The van der Waals surface area contributed by atoms with Crippen molar-refractivity contribution in [3.8, 4) is 0 Å². The normalized spacial score (nSPS) is 18.8. The molecule has 0 spiro atoms. The van der Waals surface area contributed by atoms with E-state index in [0.29, 0.717) is 19.6 Å². The van der Waals surface area contributed by atoms with E-state index in [-0.39, 0.29) is 11.8 Å². The van der Waals surface area contributed by atoms with Gasteiger partial charge in [-0.25, -0.2) is 9.78 Å². The first-order chi connectivity index (χ1) is 9.66. The Kier molecular flexibility index (Phi) is 4.91. The van der Waals surface area contributed by atoms with Gasteiger partial charge in [0.1, 0.15) is 12.7 Å². The first-order valence-corrected chi connectivity index (χ1v) is 6.81. The van der Waals surface area contributed by atoms with Crippen LogP contribution in [0, 0.1) is 5.92 Å². The number of primary amides is 1. The quantitative estimate of drug-likeness (QED) is 0.714. The first-order valence-electron chi connectivity index (χ1n) is 6.81. The Morgan fingerprint density at radius 2 is 2.30 bits per heavy atom. The number of carbonyl (C=O) groups excluding carboxylic acids is 2. The number of likely N-dealkylation sites (tertiary alicyclic amines) is 1. The summed E-state index contributed by atoms with van der Waals surface area (Å²) in [5, 5.41) is 6.88. The van der Waals surface area contributed by atoms with Gasteiger partial charge in [-0.05, 0) is 19.3 Å². The number of aromatic nitrogens is 3. The van der Waals surface area contributed by atoms with E-state index < -0.39 is 6.03 Å². The highest BCUT2D eigenvalue weighted by atomic mass is 16.2. The van der Waals surface area contributed by atoms with Crippen molar-refractivity contribution in [2.24, 2.45) is 11.7 Å². The Hall–Kier alpha value is -2.12. The molecule has 3 N–H and O–H groups in total. The van der Waals surface area contributed by atoms with Crippen molar-refractivity contribution in [2.75, 3.05) is 19.6 Å². The lowest BCUT2D eigenvalue weighted by molar-refractivity contribution is -0.126. The van der Waals surface area contributed by atoms with E-state index in [1.807, 2.05) is 0 Å². The topological polar surface area (TPSA) is 106 Å². The lowest BCUT2D eigenvalue weighted by Crippen LogP contribution is -2.47. The Balaban J connectivity index is 1.67. The maximum atomic E-state index is 12.0. The molecule has 1 fully saturated rings. The molecule has 8 heteroatoms. The van der Waals surface area contributed by atoms with Crippen molar-refractivity contribution in [1.82, 2.24) is 25.0 Å². The van der Waals surface area contributed by atoms with Crippen molar-refractivity contribution in [3.05, 3.63) is 12.7 Å². The summed E-state index contributed by atoms with van der Waals surface area (Å²) >= 11 is 0. The number of urea groups is 1. The van der Waals surface area contributed by atoms with E-state index in [1.54, 1.807) is 11.0 Å². The summed E-state index contributed by atoms with van der Waals surface area (Å²) in [7, 11) is 0. The molecule has 20 heavy (non-hydrogen) atoms. The highest BCUT2D eigenvalue weighted by Gasteiger charge is 2.26. The smallest absolute Gasteiger partial charge is 0.314 e. The number of piperidine rings is 1. The molecular formula is C12H20N6O2. The summed E-state index contributed by atoms with van der Waals surface area (Å²) in [6, 6.07) is -0.450. The predicted octanol–water partition coefficient (Wildman–Crippen LogP) is -0.425. The summed E-state index contributed by atoms with van der Waals surface area (Å²) < 4.78 is 1.72. The van der Waals surface area contributed by atoms with Gasteiger partial charge in [0, 0.05) is 26.2 Å². The van der Waals surface area contributed by atoms with E-state index in [9.17, 15) is 9.59 Å². The molecule has 0 bridgehead atoms. The monoisotopic (exact) mass is 280 g/mol. The summed E-state index contributed by atoms with van der Waals surface area (Å²) in [4.78, 5) is 28.5. The van der Waals surface area contributed by atoms with Gasteiger partial charge in [0.15, 0.2) is 0 Å². The van der Waals surface area contributed by atoms with Crippen LogP contribution in [-0.4, -0.2) is 51.2 Å². The minimum atomic E-state index is -0.450. The Bertz CT molecular complexity index is 447. The lowest BCUT2D eigenvalue weighted by Gasteiger charge is -2.30. The average molecular weight is 280 g/mol. The van der Waals surface area contributed by atoms with Gasteiger partial charge in [0.05, 0.1) is 5.92 Å². The maximum Gasteiger partial charge on any atom is 0.314 e. The predicted molar refractivity (Wildman–Crippen MR) is 71.5 cm³/mol. The second-order valence-corrected chi connectivity index (χ2v) is 4.93. The minimum absolute atomic E-state index is 0.00506. The van der Waals surface area contributed by atoms with E-state index >= 15 is 0 Å². The second-order valence-electron chi connectivity index (χ2n) is 4.93. The molecule has 1 atom stereocenters. The SMILES string of the molecule is NC(=O)N1CCCC(C(=O)NCCCn2cncn2)C1. The van der Waals surface area contributed by atoms with Gasteiger partial charge in [-0.3, -0.25) is 9.48 Å². The van der Waals surface area contributed by atoms with Gasteiger partial charge in [-0.15, -0.1) is 0 Å². The largest absolute Gasteiger partial charge is 0.356 e. The molecule has 2 heterocycles. The molecule has 1 aromatic rings. The molecule has 0 saturated carbocycles. The summed E-state index contributed by atoms with van der Waals surface area (Å²) in [5.41, 5.74) is 5.25. The third-order valence-electron chi connectivity index (χ3n) is 3.43. The lowest BCUT2D eigenvalue weighted by atomic mass is 9.97.